The maximum atomic E-state index is 14.3. The van der Waals surface area contributed by atoms with Gasteiger partial charge in [-0.2, -0.15) is 0 Å². The Labute approximate surface area is 179 Å². The zero-order valence-electron chi connectivity index (χ0n) is 17.3. The molecular formula is C25H22O6. The molecule has 2 fully saturated rings. The van der Waals surface area contributed by atoms with Crippen LogP contribution in [0.4, 0.5) is 0 Å². The third-order valence-electron chi connectivity index (χ3n) is 7.09. The molecule has 0 amide bonds. The summed E-state index contributed by atoms with van der Waals surface area (Å²) in [5, 5.41) is 0. The van der Waals surface area contributed by atoms with E-state index in [1.807, 2.05) is 60.7 Å². The number of ether oxygens (including phenoxy) is 3. The first-order valence-electron chi connectivity index (χ1n) is 10.2. The molecule has 1 heterocycles. The van der Waals surface area contributed by atoms with E-state index < -0.39 is 40.4 Å². The fourth-order valence-corrected chi connectivity index (χ4v) is 6.02. The van der Waals surface area contributed by atoms with E-state index >= 15 is 0 Å². The molecule has 1 saturated heterocycles. The molecule has 2 aliphatic carbocycles. The van der Waals surface area contributed by atoms with Gasteiger partial charge in [0.05, 0.1) is 27.4 Å². The van der Waals surface area contributed by atoms with Crippen LogP contribution in [0.15, 0.2) is 60.7 Å². The quantitative estimate of drug-likeness (QED) is 0.561. The van der Waals surface area contributed by atoms with Crippen molar-refractivity contribution in [1.82, 2.24) is 0 Å². The number of esters is 2. The number of carbonyl (C=O) groups is 3. The van der Waals surface area contributed by atoms with E-state index in [0.29, 0.717) is 22.3 Å². The molecule has 6 nitrogen and oxygen atoms in total. The molecule has 1 saturated carbocycles. The van der Waals surface area contributed by atoms with Crippen LogP contribution in [0.2, 0.25) is 0 Å². The van der Waals surface area contributed by atoms with Crippen molar-refractivity contribution < 1.29 is 28.6 Å². The molecule has 0 unspecified atom stereocenters. The molecule has 2 aromatic rings. The molecule has 0 radical (unpaired) electrons. The molecule has 6 heteroatoms. The molecule has 2 aromatic carbocycles. The summed E-state index contributed by atoms with van der Waals surface area (Å²) < 4.78 is 16.2. The summed E-state index contributed by atoms with van der Waals surface area (Å²) in [7, 11) is 2.55. The Bertz CT molecular complexity index is 1020. The van der Waals surface area contributed by atoms with Crippen LogP contribution in [-0.4, -0.2) is 45.2 Å². The summed E-state index contributed by atoms with van der Waals surface area (Å²) >= 11 is 0. The van der Waals surface area contributed by atoms with Crippen LogP contribution in [0, 0.1) is 22.7 Å². The van der Waals surface area contributed by atoms with Gasteiger partial charge < -0.3 is 14.2 Å². The SMILES string of the molecule is COC(=O)[C@@]12C(=O)[C@@](C(=O)OC)(C(c3ccccc3)=C1c1ccccc1)[C@H]1COC[C@H]12. The minimum Gasteiger partial charge on any atom is -0.468 e. The predicted octanol–water partition coefficient (Wildman–Crippen LogP) is 2.78. The van der Waals surface area contributed by atoms with E-state index in [0.717, 1.165) is 0 Å². The number of carbonyl (C=O) groups excluding carboxylic acids is 3. The Kier molecular flexibility index (Phi) is 4.38. The smallest absolute Gasteiger partial charge is 0.324 e. The zero-order chi connectivity index (χ0) is 21.8. The summed E-state index contributed by atoms with van der Waals surface area (Å²) in [6, 6.07) is 18.5. The Hall–Kier alpha value is -3.25. The first-order valence-corrected chi connectivity index (χ1v) is 10.2. The van der Waals surface area contributed by atoms with E-state index in [-0.39, 0.29) is 13.2 Å². The number of benzene rings is 2. The van der Waals surface area contributed by atoms with Crippen molar-refractivity contribution in [2.75, 3.05) is 27.4 Å². The number of rotatable bonds is 4. The number of ketones is 1. The molecule has 0 spiro atoms. The van der Waals surface area contributed by atoms with Crippen molar-refractivity contribution in [3.63, 3.8) is 0 Å². The molecule has 31 heavy (non-hydrogen) atoms. The van der Waals surface area contributed by atoms with Gasteiger partial charge in [0.15, 0.2) is 16.6 Å². The second-order valence-corrected chi connectivity index (χ2v) is 8.16. The molecule has 3 aliphatic rings. The summed E-state index contributed by atoms with van der Waals surface area (Å²) in [5.41, 5.74) is -0.804. The van der Waals surface area contributed by atoms with Crippen LogP contribution in [0.3, 0.4) is 0 Å². The molecule has 4 atom stereocenters. The van der Waals surface area contributed by atoms with Crippen molar-refractivity contribution in [1.29, 1.82) is 0 Å². The summed E-state index contributed by atoms with van der Waals surface area (Å²) in [6.45, 7) is 0.394. The van der Waals surface area contributed by atoms with E-state index in [1.165, 1.54) is 14.2 Å². The third-order valence-corrected chi connectivity index (χ3v) is 7.09. The fourth-order valence-electron chi connectivity index (χ4n) is 6.02. The van der Waals surface area contributed by atoms with Crippen LogP contribution in [-0.2, 0) is 28.6 Å². The number of hydrogen-bond acceptors (Lipinski definition) is 6. The molecule has 158 valence electrons. The maximum absolute atomic E-state index is 14.3. The lowest BCUT2D eigenvalue weighted by Gasteiger charge is -2.37. The highest BCUT2D eigenvalue weighted by atomic mass is 16.5. The average Bonchev–Trinajstić information content (AvgIpc) is 3.46. The lowest BCUT2D eigenvalue weighted by Crippen LogP contribution is -2.44. The van der Waals surface area contributed by atoms with Crippen LogP contribution in [0.25, 0.3) is 11.1 Å². The van der Waals surface area contributed by atoms with Crippen LogP contribution in [0.1, 0.15) is 11.1 Å². The number of hydrogen-bond donors (Lipinski definition) is 0. The van der Waals surface area contributed by atoms with Gasteiger partial charge in [-0.15, -0.1) is 0 Å². The van der Waals surface area contributed by atoms with Gasteiger partial charge in [0.1, 0.15) is 0 Å². The van der Waals surface area contributed by atoms with Crippen LogP contribution in [0.5, 0.6) is 0 Å². The predicted molar refractivity (Wildman–Crippen MR) is 111 cm³/mol. The standard InChI is InChI=1S/C25H22O6/c1-29-22(27)24-17-13-31-14-18(17)25(21(24)26,23(28)30-2)20(16-11-7-4-8-12-16)19(24)15-9-5-3-6-10-15/h3-12,17-18H,13-14H2,1-2H3/t17-,18+,24-,25+. The highest BCUT2D eigenvalue weighted by Gasteiger charge is 2.83. The fraction of sp³-hybridized carbons (Fsp3) is 0.320. The summed E-state index contributed by atoms with van der Waals surface area (Å²) in [5.74, 6) is -2.79. The lowest BCUT2D eigenvalue weighted by molar-refractivity contribution is -0.158. The monoisotopic (exact) mass is 418 g/mol. The zero-order valence-corrected chi connectivity index (χ0v) is 17.3. The highest BCUT2D eigenvalue weighted by molar-refractivity contribution is 6.38. The Morgan fingerprint density at radius 2 is 1.16 bits per heavy atom. The third kappa shape index (κ3) is 2.18. The van der Waals surface area contributed by atoms with Gasteiger partial charge in [0.25, 0.3) is 0 Å². The maximum Gasteiger partial charge on any atom is 0.324 e. The van der Waals surface area contributed by atoms with Crippen molar-refractivity contribution in [3.8, 4) is 0 Å². The minimum atomic E-state index is -1.63. The Morgan fingerprint density at radius 3 is 1.52 bits per heavy atom. The Morgan fingerprint density at radius 1 is 0.774 bits per heavy atom. The first-order chi connectivity index (χ1) is 15.1. The molecule has 0 N–H and O–H groups in total. The van der Waals surface area contributed by atoms with Gasteiger partial charge in [-0.3, -0.25) is 14.4 Å². The summed E-state index contributed by atoms with van der Waals surface area (Å²) in [4.78, 5) is 41.2. The van der Waals surface area contributed by atoms with Gasteiger partial charge in [0, 0.05) is 11.8 Å². The molecule has 2 bridgehead atoms. The normalized spacial score (nSPS) is 31.0. The van der Waals surface area contributed by atoms with Crippen LogP contribution < -0.4 is 0 Å². The largest absolute Gasteiger partial charge is 0.468 e. The molecule has 5 rings (SSSR count). The number of fused-ring (bicyclic) bond motifs is 5. The van der Waals surface area contributed by atoms with Crippen molar-refractivity contribution in [2.24, 2.45) is 22.7 Å². The van der Waals surface area contributed by atoms with Gasteiger partial charge in [-0.25, -0.2) is 0 Å². The van der Waals surface area contributed by atoms with E-state index in [2.05, 4.69) is 0 Å². The average molecular weight is 418 g/mol. The van der Waals surface area contributed by atoms with E-state index in [9.17, 15) is 14.4 Å². The lowest BCUT2D eigenvalue weighted by atomic mass is 9.62. The van der Waals surface area contributed by atoms with Gasteiger partial charge in [0.2, 0.25) is 0 Å². The van der Waals surface area contributed by atoms with E-state index in [1.54, 1.807) is 0 Å². The minimum absolute atomic E-state index is 0.197. The highest BCUT2D eigenvalue weighted by Crippen LogP contribution is 2.73. The number of Topliss-reactive ketones (excluding diaryl/α,β-unsaturated/α-hetero) is 1. The first kappa shape index (κ1) is 19.7. The topological polar surface area (TPSA) is 78.9 Å². The molecule has 1 aliphatic heterocycles. The van der Waals surface area contributed by atoms with Gasteiger partial charge in [-0.05, 0) is 22.3 Å². The molecule has 0 aromatic heterocycles. The van der Waals surface area contributed by atoms with Crippen molar-refractivity contribution in [3.05, 3.63) is 71.8 Å². The van der Waals surface area contributed by atoms with E-state index in [4.69, 9.17) is 14.2 Å². The number of methoxy groups -OCH3 is 2. The second kappa shape index (κ2) is 6.89. The van der Waals surface area contributed by atoms with Gasteiger partial charge >= 0.3 is 11.9 Å². The summed E-state index contributed by atoms with van der Waals surface area (Å²) in [6.07, 6.45) is 0. The van der Waals surface area contributed by atoms with Gasteiger partial charge in [-0.1, -0.05) is 60.7 Å². The second-order valence-electron chi connectivity index (χ2n) is 8.16. The molecular weight excluding hydrogens is 396 g/mol. The van der Waals surface area contributed by atoms with Crippen molar-refractivity contribution in [2.45, 2.75) is 0 Å². The van der Waals surface area contributed by atoms with Crippen molar-refractivity contribution >= 4 is 28.9 Å². The Balaban J connectivity index is 1.97. The van der Waals surface area contributed by atoms with Crippen LogP contribution >= 0.6 is 0 Å².